The van der Waals surface area contributed by atoms with E-state index < -0.39 is 23.5 Å². The molecule has 1 aromatic carbocycles. The number of aromatic nitrogens is 2. The van der Waals surface area contributed by atoms with Crippen LogP contribution in [0, 0.1) is 11.6 Å². The largest absolute Gasteiger partial charge is 0.476 e. The summed E-state index contributed by atoms with van der Waals surface area (Å²) in [5, 5.41) is 9.71. The molecule has 0 atom stereocenters. The van der Waals surface area contributed by atoms with Gasteiger partial charge in [-0.3, -0.25) is 9.69 Å². The highest BCUT2D eigenvalue weighted by atomic mass is 19.2. The zero-order chi connectivity index (χ0) is 19.6. The molecular formula is C19H21F2N3O3. The van der Waals surface area contributed by atoms with Crippen molar-refractivity contribution < 1.29 is 23.5 Å². The summed E-state index contributed by atoms with van der Waals surface area (Å²) in [5.41, 5.74) is -0.0796. The van der Waals surface area contributed by atoms with Gasteiger partial charge in [0, 0.05) is 25.1 Å². The molecule has 0 unspecified atom stereocenters. The molecule has 1 aromatic heterocycles. The van der Waals surface area contributed by atoms with E-state index in [1.165, 1.54) is 11.0 Å². The lowest BCUT2D eigenvalue weighted by Gasteiger charge is -2.21. The van der Waals surface area contributed by atoms with E-state index in [2.05, 4.69) is 4.98 Å². The summed E-state index contributed by atoms with van der Waals surface area (Å²) < 4.78 is 28.4. The van der Waals surface area contributed by atoms with Crippen molar-refractivity contribution in [1.29, 1.82) is 0 Å². The van der Waals surface area contributed by atoms with Gasteiger partial charge in [0.05, 0.1) is 0 Å². The second-order valence-electron chi connectivity index (χ2n) is 6.55. The smallest absolute Gasteiger partial charge is 0.356 e. The van der Waals surface area contributed by atoms with Crippen LogP contribution in [0.3, 0.4) is 0 Å². The van der Waals surface area contributed by atoms with Gasteiger partial charge in [-0.05, 0) is 37.5 Å². The molecule has 1 aliphatic heterocycles. The molecule has 2 heterocycles. The number of anilines is 1. The molecule has 0 saturated heterocycles. The lowest BCUT2D eigenvalue weighted by Crippen LogP contribution is -2.34. The van der Waals surface area contributed by atoms with Gasteiger partial charge in [-0.25, -0.2) is 18.6 Å². The summed E-state index contributed by atoms with van der Waals surface area (Å²) in [5.74, 6) is -3.23. The highest BCUT2D eigenvalue weighted by Gasteiger charge is 2.31. The van der Waals surface area contributed by atoms with E-state index in [0.29, 0.717) is 25.2 Å². The van der Waals surface area contributed by atoms with E-state index in [4.69, 9.17) is 0 Å². The number of carboxylic acids is 1. The number of carbonyl (C=O) groups excluding carboxylic acids is 1. The first kappa shape index (κ1) is 19.0. The lowest BCUT2D eigenvalue weighted by molar-refractivity contribution is 0.0684. The van der Waals surface area contributed by atoms with Gasteiger partial charge in [0.2, 0.25) is 0 Å². The molecule has 6 nitrogen and oxygen atoms in total. The Morgan fingerprint density at radius 1 is 1.26 bits per heavy atom. The van der Waals surface area contributed by atoms with Crippen molar-refractivity contribution in [1.82, 2.24) is 9.55 Å². The summed E-state index contributed by atoms with van der Waals surface area (Å²) in [6.07, 6.45) is 3.78. The molecule has 0 spiro atoms. The zero-order valence-corrected chi connectivity index (χ0v) is 15.0. The lowest BCUT2D eigenvalue weighted by atomic mass is 10.1. The first-order valence-electron chi connectivity index (χ1n) is 9.03. The van der Waals surface area contributed by atoms with Crippen LogP contribution in [0.4, 0.5) is 14.6 Å². The van der Waals surface area contributed by atoms with E-state index in [1.54, 1.807) is 4.57 Å². The summed E-state index contributed by atoms with van der Waals surface area (Å²) in [7, 11) is 0. The Hall–Kier alpha value is -2.77. The number of imidazole rings is 1. The van der Waals surface area contributed by atoms with Gasteiger partial charge in [-0.1, -0.05) is 13.3 Å². The Morgan fingerprint density at radius 3 is 2.70 bits per heavy atom. The Bertz CT molecular complexity index is 879. The second kappa shape index (κ2) is 7.85. The highest BCUT2D eigenvalue weighted by molar-refractivity contribution is 6.08. The van der Waals surface area contributed by atoms with Crippen molar-refractivity contribution in [3.8, 4) is 0 Å². The van der Waals surface area contributed by atoms with E-state index in [1.807, 2.05) is 6.92 Å². The van der Waals surface area contributed by atoms with Crippen molar-refractivity contribution in [2.45, 2.75) is 45.6 Å². The van der Waals surface area contributed by atoms with Crippen LogP contribution >= 0.6 is 0 Å². The SMILES string of the molecule is CCCCN(C(=O)c1ccc(F)c(F)c1)c1nc2n(c1C(=O)O)CCCC2. The molecule has 27 heavy (non-hydrogen) atoms. The number of amides is 1. The fourth-order valence-corrected chi connectivity index (χ4v) is 3.27. The van der Waals surface area contributed by atoms with Gasteiger partial charge in [0.15, 0.2) is 23.1 Å². The zero-order valence-electron chi connectivity index (χ0n) is 15.0. The highest BCUT2D eigenvalue weighted by Crippen LogP contribution is 2.28. The maximum atomic E-state index is 13.6. The number of carboxylic acid groups (broad SMARTS) is 1. The number of unbranched alkanes of at least 4 members (excludes halogenated alkanes) is 1. The van der Waals surface area contributed by atoms with Gasteiger partial charge in [0.25, 0.3) is 5.91 Å². The van der Waals surface area contributed by atoms with Crippen molar-refractivity contribution in [3.05, 3.63) is 46.9 Å². The van der Waals surface area contributed by atoms with Gasteiger partial charge in [0.1, 0.15) is 5.82 Å². The van der Waals surface area contributed by atoms with Gasteiger partial charge in [-0.2, -0.15) is 0 Å². The fourth-order valence-electron chi connectivity index (χ4n) is 3.27. The third-order valence-electron chi connectivity index (χ3n) is 4.67. The average Bonchev–Trinajstić information content (AvgIpc) is 3.03. The normalized spacial score (nSPS) is 13.3. The number of halogens is 2. The minimum absolute atomic E-state index is 0.0308. The first-order valence-corrected chi connectivity index (χ1v) is 9.03. The van der Waals surface area contributed by atoms with E-state index in [-0.39, 0.29) is 23.6 Å². The summed E-state index contributed by atoms with van der Waals surface area (Å²) in [6, 6.07) is 2.90. The number of nitrogens with zero attached hydrogens (tertiary/aromatic N) is 3. The molecule has 0 radical (unpaired) electrons. The van der Waals surface area contributed by atoms with Crippen LogP contribution in [0.2, 0.25) is 0 Å². The minimum Gasteiger partial charge on any atom is -0.476 e. The first-order chi connectivity index (χ1) is 12.9. The maximum absolute atomic E-state index is 13.6. The van der Waals surface area contributed by atoms with Gasteiger partial charge < -0.3 is 9.67 Å². The Balaban J connectivity index is 2.07. The monoisotopic (exact) mass is 377 g/mol. The van der Waals surface area contributed by atoms with Crippen LogP contribution in [0.5, 0.6) is 0 Å². The molecule has 2 aromatic rings. The van der Waals surface area contributed by atoms with Gasteiger partial charge >= 0.3 is 5.97 Å². The number of rotatable bonds is 6. The third kappa shape index (κ3) is 3.70. The van der Waals surface area contributed by atoms with Crippen LogP contribution in [-0.2, 0) is 13.0 Å². The van der Waals surface area contributed by atoms with E-state index in [9.17, 15) is 23.5 Å². The Morgan fingerprint density at radius 2 is 2.04 bits per heavy atom. The van der Waals surface area contributed by atoms with Crippen LogP contribution in [0.15, 0.2) is 18.2 Å². The van der Waals surface area contributed by atoms with Crippen molar-refractivity contribution in [2.24, 2.45) is 0 Å². The molecule has 0 saturated carbocycles. The van der Waals surface area contributed by atoms with Crippen LogP contribution in [0.1, 0.15) is 59.3 Å². The topological polar surface area (TPSA) is 75.4 Å². The standard InChI is InChI=1S/C19H21F2N3O3/c1-2-3-9-24(18(25)12-7-8-13(20)14(21)11-12)17-16(19(26)27)23-10-5-4-6-15(23)22-17/h7-8,11H,2-6,9-10H2,1H3,(H,26,27). The molecule has 0 aliphatic carbocycles. The fraction of sp³-hybridized carbons (Fsp3) is 0.421. The maximum Gasteiger partial charge on any atom is 0.356 e. The number of carbonyl (C=O) groups is 2. The predicted molar refractivity (Wildman–Crippen MR) is 95.1 cm³/mol. The predicted octanol–water partition coefficient (Wildman–Crippen LogP) is 3.64. The molecule has 0 fully saturated rings. The number of hydrogen-bond donors (Lipinski definition) is 1. The quantitative estimate of drug-likeness (QED) is 0.834. The number of fused-ring (bicyclic) bond motifs is 1. The number of hydrogen-bond acceptors (Lipinski definition) is 3. The van der Waals surface area contributed by atoms with E-state index in [0.717, 1.165) is 31.4 Å². The van der Waals surface area contributed by atoms with Gasteiger partial charge in [-0.15, -0.1) is 0 Å². The molecule has 3 rings (SSSR count). The molecule has 144 valence electrons. The van der Waals surface area contributed by atoms with Crippen molar-refractivity contribution in [3.63, 3.8) is 0 Å². The van der Waals surface area contributed by atoms with Crippen molar-refractivity contribution in [2.75, 3.05) is 11.4 Å². The third-order valence-corrected chi connectivity index (χ3v) is 4.67. The average molecular weight is 377 g/mol. The molecule has 8 heteroatoms. The number of benzene rings is 1. The van der Waals surface area contributed by atoms with Crippen LogP contribution in [-0.4, -0.2) is 33.1 Å². The molecule has 1 amide bonds. The minimum atomic E-state index is -1.16. The van der Waals surface area contributed by atoms with Crippen LogP contribution in [0.25, 0.3) is 0 Å². The molecule has 0 bridgehead atoms. The number of aromatic carboxylic acids is 1. The molecule has 1 N–H and O–H groups in total. The Kier molecular flexibility index (Phi) is 5.53. The second-order valence-corrected chi connectivity index (χ2v) is 6.55. The summed E-state index contributed by atoms with van der Waals surface area (Å²) in [6.45, 7) is 2.71. The summed E-state index contributed by atoms with van der Waals surface area (Å²) >= 11 is 0. The molecular weight excluding hydrogens is 356 g/mol. The van der Waals surface area contributed by atoms with Crippen molar-refractivity contribution >= 4 is 17.7 Å². The number of aryl methyl sites for hydroxylation is 1. The van der Waals surface area contributed by atoms with Crippen LogP contribution < -0.4 is 4.90 Å². The van der Waals surface area contributed by atoms with E-state index >= 15 is 0 Å². The summed E-state index contributed by atoms with van der Waals surface area (Å²) in [4.78, 5) is 30.6. The Labute approximate surface area is 155 Å². The molecule has 1 aliphatic rings.